The molecule has 0 aromatic rings. The van der Waals surface area contributed by atoms with Gasteiger partial charge in [0.1, 0.15) is 13.2 Å². The number of ether oxygens (including phenoxy) is 3. The quantitative estimate of drug-likeness (QED) is 0.0199. The van der Waals surface area contributed by atoms with Crippen LogP contribution in [0.25, 0.3) is 0 Å². The molecule has 0 amide bonds. The zero-order valence-electron chi connectivity index (χ0n) is 44.3. The van der Waals surface area contributed by atoms with Gasteiger partial charge in [-0.25, -0.2) is 0 Å². The number of allylic oxidation sites excluding steroid dienone is 22. The van der Waals surface area contributed by atoms with Gasteiger partial charge in [-0.1, -0.05) is 231 Å². The number of carbonyl (C=O) groups excluding carboxylic acids is 3. The van der Waals surface area contributed by atoms with Gasteiger partial charge in [0.2, 0.25) is 0 Å². The molecule has 0 aliphatic carbocycles. The second-order valence-electron chi connectivity index (χ2n) is 17.9. The van der Waals surface area contributed by atoms with E-state index in [0.717, 1.165) is 135 Å². The highest BCUT2D eigenvalue weighted by atomic mass is 16.6. The average Bonchev–Trinajstić information content (AvgIpc) is 3.35. The van der Waals surface area contributed by atoms with Crippen LogP contribution in [0, 0.1) is 0 Å². The molecular formula is C63H100O6. The lowest BCUT2D eigenvalue weighted by Gasteiger charge is -2.18. The van der Waals surface area contributed by atoms with Gasteiger partial charge < -0.3 is 14.2 Å². The first-order valence-electron chi connectivity index (χ1n) is 27.8. The van der Waals surface area contributed by atoms with Crippen molar-refractivity contribution < 1.29 is 28.6 Å². The number of carbonyl (C=O) groups is 3. The lowest BCUT2D eigenvalue weighted by Crippen LogP contribution is -2.30. The van der Waals surface area contributed by atoms with Crippen LogP contribution in [0.4, 0.5) is 0 Å². The Kier molecular flexibility index (Phi) is 52.5. The molecule has 388 valence electrons. The molecule has 0 saturated carbocycles. The Morgan fingerprint density at radius 2 is 0.652 bits per heavy atom. The van der Waals surface area contributed by atoms with Crippen molar-refractivity contribution in [3.05, 3.63) is 134 Å². The molecule has 0 N–H and O–H groups in total. The maximum Gasteiger partial charge on any atom is 0.306 e. The third kappa shape index (κ3) is 54.4. The summed E-state index contributed by atoms with van der Waals surface area (Å²) in [4.78, 5) is 38.1. The van der Waals surface area contributed by atoms with Gasteiger partial charge >= 0.3 is 17.9 Å². The molecule has 0 spiro atoms. The number of hydrogen-bond acceptors (Lipinski definition) is 6. The van der Waals surface area contributed by atoms with Crippen molar-refractivity contribution in [2.24, 2.45) is 0 Å². The monoisotopic (exact) mass is 953 g/mol. The SMILES string of the molecule is CC/C=C\C/C=C\C/C=C\C/C=C\C/C=C\CCCCCC(=O)OCC(COC(=O)CCCCC/C=C\CCCCCCCCC)OC(=O)CCCCCCC\C=C/C=C\C=C/C=C\C=C/CCC. The molecule has 0 heterocycles. The predicted molar refractivity (Wildman–Crippen MR) is 297 cm³/mol. The minimum Gasteiger partial charge on any atom is -0.462 e. The number of esters is 3. The Morgan fingerprint density at radius 3 is 1.10 bits per heavy atom. The molecule has 0 fully saturated rings. The summed E-state index contributed by atoms with van der Waals surface area (Å²) >= 11 is 0. The second-order valence-corrected chi connectivity index (χ2v) is 17.9. The summed E-state index contributed by atoms with van der Waals surface area (Å²) in [5.41, 5.74) is 0. The Bertz CT molecular complexity index is 1510. The fraction of sp³-hybridized carbons (Fsp3) is 0.603. The number of unbranched alkanes of at least 4 members (excludes halogenated alkanes) is 19. The molecule has 0 aliphatic rings. The molecule has 69 heavy (non-hydrogen) atoms. The molecule has 0 radical (unpaired) electrons. The van der Waals surface area contributed by atoms with E-state index in [2.05, 4.69) is 118 Å². The van der Waals surface area contributed by atoms with Crippen molar-refractivity contribution in [3.8, 4) is 0 Å². The standard InChI is InChI=1S/C63H100O6/c1-4-7-10-13-16-19-22-25-28-30-32-34-35-38-41-44-47-50-53-56-62(65)68-59-60(58-67-61(64)55-52-49-46-43-40-37-27-24-21-18-15-12-9-6-3)69-63(66)57-54-51-48-45-42-39-36-33-31-29-26-23-20-17-14-11-8-5-2/h7,10-11,14,16-17,19-20,23,25-26,28-29,31-34,36-38,40-41,60H,4-6,8-9,12-13,15,18,21-22,24,27,30,35,39,42-59H2,1-3H3/b10-7-,14-11-,19-16-,20-17-,26-23-,28-25-,31-29-,34-32-,36-33-,40-37-,41-38-. The van der Waals surface area contributed by atoms with Gasteiger partial charge in [-0.3, -0.25) is 14.4 Å². The van der Waals surface area contributed by atoms with E-state index in [0.29, 0.717) is 12.8 Å². The van der Waals surface area contributed by atoms with Gasteiger partial charge in [0, 0.05) is 19.3 Å². The number of rotatable bonds is 48. The molecule has 0 bridgehead atoms. The predicted octanol–water partition coefficient (Wildman–Crippen LogP) is 18.6. The first-order valence-corrected chi connectivity index (χ1v) is 27.8. The van der Waals surface area contributed by atoms with E-state index in [4.69, 9.17) is 14.2 Å². The minimum absolute atomic E-state index is 0.112. The van der Waals surface area contributed by atoms with Crippen molar-refractivity contribution in [2.45, 2.75) is 232 Å². The fourth-order valence-corrected chi connectivity index (χ4v) is 7.08. The van der Waals surface area contributed by atoms with Crippen LogP contribution >= 0.6 is 0 Å². The summed E-state index contributed by atoms with van der Waals surface area (Å²) in [6.45, 7) is 6.36. The van der Waals surface area contributed by atoms with E-state index in [-0.39, 0.29) is 37.5 Å². The summed E-state index contributed by atoms with van der Waals surface area (Å²) in [7, 11) is 0. The molecule has 0 aliphatic heterocycles. The topological polar surface area (TPSA) is 78.9 Å². The number of hydrogen-bond donors (Lipinski definition) is 0. The van der Waals surface area contributed by atoms with E-state index in [9.17, 15) is 14.4 Å². The van der Waals surface area contributed by atoms with Gasteiger partial charge in [0.05, 0.1) is 0 Å². The molecular weight excluding hydrogens is 853 g/mol. The summed E-state index contributed by atoms with van der Waals surface area (Å²) in [5.74, 6) is -0.990. The molecule has 6 heteroatoms. The van der Waals surface area contributed by atoms with Crippen LogP contribution in [0.15, 0.2) is 134 Å². The van der Waals surface area contributed by atoms with Crippen molar-refractivity contribution in [3.63, 3.8) is 0 Å². The lowest BCUT2D eigenvalue weighted by molar-refractivity contribution is -0.167. The normalized spacial score (nSPS) is 13.1. The van der Waals surface area contributed by atoms with Crippen molar-refractivity contribution in [1.82, 2.24) is 0 Å². The van der Waals surface area contributed by atoms with E-state index in [1.807, 2.05) is 36.5 Å². The van der Waals surface area contributed by atoms with Crippen LogP contribution in [-0.2, 0) is 28.6 Å². The zero-order valence-corrected chi connectivity index (χ0v) is 44.3. The van der Waals surface area contributed by atoms with Gasteiger partial charge in [0.15, 0.2) is 6.10 Å². The summed E-state index contributed by atoms with van der Waals surface area (Å²) < 4.78 is 16.8. The third-order valence-electron chi connectivity index (χ3n) is 11.2. The Balaban J connectivity index is 4.55. The van der Waals surface area contributed by atoms with E-state index >= 15 is 0 Å². The van der Waals surface area contributed by atoms with E-state index in [1.165, 1.54) is 51.4 Å². The van der Waals surface area contributed by atoms with Crippen molar-refractivity contribution in [2.75, 3.05) is 13.2 Å². The summed E-state index contributed by atoms with van der Waals surface area (Å²) in [6, 6.07) is 0. The Hall–Kier alpha value is -4.45. The molecule has 6 nitrogen and oxygen atoms in total. The molecule has 1 atom stereocenters. The highest BCUT2D eigenvalue weighted by Gasteiger charge is 2.19. The lowest BCUT2D eigenvalue weighted by atomic mass is 10.1. The fourth-order valence-electron chi connectivity index (χ4n) is 7.08. The van der Waals surface area contributed by atoms with Gasteiger partial charge in [-0.2, -0.15) is 0 Å². The third-order valence-corrected chi connectivity index (χ3v) is 11.2. The molecule has 0 aromatic heterocycles. The largest absolute Gasteiger partial charge is 0.462 e. The molecule has 0 aromatic carbocycles. The van der Waals surface area contributed by atoms with E-state index < -0.39 is 6.10 Å². The minimum atomic E-state index is -0.817. The van der Waals surface area contributed by atoms with Crippen molar-refractivity contribution >= 4 is 17.9 Å². The zero-order chi connectivity index (χ0) is 50.0. The van der Waals surface area contributed by atoms with E-state index in [1.54, 1.807) is 0 Å². The first-order chi connectivity index (χ1) is 34.0. The maximum absolute atomic E-state index is 12.8. The van der Waals surface area contributed by atoms with Crippen LogP contribution in [0.2, 0.25) is 0 Å². The molecule has 0 rings (SSSR count). The smallest absolute Gasteiger partial charge is 0.306 e. The Morgan fingerprint density at radius 1 is 0.319 bits per heavy atom. The van der Waals surface area contributed by atoms with Crippen LogP contribution in [0.1, 0.15) is 226 Å². The highest BCUT2D eigenvalue weighted by molar-refractivity contribution is 5.71. The van der Waals surface area contributed by atoms with Gasteiger partial charge in [0.25, 0.3) is 0 Å². The molecule has 0 saturated heterocycles. The van der Waals surface area contributed by atoms with Gasteiger partial charge in [-0.05, 0) is 109 Å². The van der Waals surface area contributed by atoms with Crippen molar-refractivity contribution in [1.29, 1.82) is 0 Å². The van der Waals surface area contributed by atoms with Crippen LogP contribution in [0.5, 0.6) is 0 Å². The second kappa shape index (κ2) is 56.1. The van der Waals surface area contributed by atoms with Crippen LogP contribution in [-0.4, -0.2) is 37.2 Å². The summed E-state index contributed by atoms with van der Waals surface area (Å²) in [5, 5.41) is 0. The summed E-state index contributed by atoms with van der Waals surface area (Å²) in [6.07, 6.45) is 78.6. The highest BCUT2D eigenvalue weighted by Crippen LogP contribution is 2.13. The van der Waals surface area contributed by atoms with Gasteiger partial charge in [-0.15, -0.1) is 0 Å². The maximum atomic E-state index is 12.8. The molecule has 1 unspecified atom stereocenters. The Labute approximate surface area is 424 Å². The average molecular weight is 953 g/mol. The first kappa shape index (κ1) is 64.5. The van der Waals surface area contributed by atoms with Crippen LogP contribution < -0.4 is 0 Å². The van der Waals surface area contributed by atoms with Crippen LogP contribution in [0.3, 0.4) is 0 Å².